The molecule has 0 amide bonds. The summed E-state index contributed by atoms with van der Waals surface area (Å²) in [5, 5.41) is 0. The molecule has 0 radical (unpaired) electrons. The van der Waals surface area contributed by atoms with Crippen molar-refractivity contribution in [3.05, 3.63) is 0 Å². The molecule has 0 aromatic carbocycles. The second-order valence-electron chi connectivity index (χ2n) is 7.63. The molecule has 0 N–H and O–H groups in total. The maximum absolute atomic E-state index is 11.7. The number of carbonyl (C=O) groups is 1. The highest BCUT2D eigenvalue weighted by molar-refractivity contribution is 5.69. The van der Waals surface area contributed by atoms with Gasteiger partial charge in [-0.1, -0.05) is 117 Å². The van der Waals surface area contributed by atoms with Gasteiger partial charge in [-0.15, -0.1) is 0 Å². The van der Waals surface area contributed by atoms with Crippen molar-refractivity contribution in [3.8, 4) is 0 Å². The zero-order chi connectivity index (χ0) is 18.4. The van der Waals surface area contributed by atoms with Gasteiger partial charge in [-0.3, -0.25) is 4.79 Å². The number of unbranched alkanes of at least 4 members (excludes halogenated alkanes) is 16. The minimum Gasteiger partial charge on any atom is -0.466 e. The number of rotatable bonds is 20. The van der Waals surface area contributed by atoms with Crippen molar-refractivity contribution < 1.29 is 9.53 Å². The van der Waals surface area contributed by atoms with E-state index in [1.165, 1.54) is 103 Å². The molecule has 25 heavy (non-hydrogen) atoms. The Morgan fingerprint density at radius 3 is 1.32 bits per heavy atom. The van der Waals surface area contributed by atoms with E-state index in [0.29, 0.717) is 13.0 Å². The van der Waals surface area contributed by atoms with Crippen LogP contribution in [-0.2, 0) is 9.53 Å². The summed E-state index contributed by atoms with van der Waals surface area (Å²) >= 11 is 0. The molecule has 0 aliphatic heterocycles. The second kappa shape index (κ2) is 21.5. The topological polar surface area (TPSA) is 26.3 Å². The maximum atomic E-state index is 11.7. The van der Waals surface area contributed by atoms with Gasteiger partial charge in [0, 0.05) is 6.42 Å². The van der Waals surface area contributed by atoms with Crippen LogP contribution in [0.25, 0.3) is 0 Å². The summed E-state index contributed by atoms with van der Waals surface area (Å²) in [7, 11) is 0. The van der Waals surface area contributed by atoms with Crippen LogP contribution in [0, 0.1) is 0 Å². The first kappa shape index (κ1) is 24.5. The van der Waals surface area contributed by atoms with E-state index >= 15 is 0 Å². The van der Waals surface area contributed by atoms with Crippen molar-refractivity contribution in [2.45, 2.75) is 136 Å². The lowest BCUT2D eigenvalue weighted by Crippen LogP contribution is -2.05. The van der Waals surface area contributed by atoms with Crippen LogP contribution in [0.1, 0.15) is 136 Å². The first-order valence-electron chi connectivity index (χ1n) is 11.5. The van der Waals surface area contributed by atoms with Crippen molar-refractivity contribution in [2.75, 3.05) is 6.61 Å². The third-order valence-electron chi connectivity index (χ3n) is 5.00. The SMILES string of the molecule is CCCCCCCCCCCOC(=O)CCCCCCCCCCC. The number of ether oxygens (including phenoxy) is 1. The van der Waals surface area contributed by atoms with E-state index < -0.39 is 0 Å². The van der Waals surface area contributed by atoms with Crippen molar-refractivity contribution >= 4 is 5.97 Å². The van der Waals surface area contributed by atoms with Gasteiger partial charge in [-0.25, -0.2) is 0 Å². The third-order valence-corrected chi connectivity index (χ3v) is 5.00. The predicted octanol–water partition coefficient (Wildman–Crippen LogP) is 7.98. The average molecular weight is 355 g/mol. The Balaban J connectivity index is 3.13. The normalized spacial score (nSPS) is 11.0. The van der Waals surface area contributed by atoms with Crippen molar-refractivity contribution in [1.29, 1.82) is 0 Å². The Labute approximate surface area is 158 Å². The van der Waals surface area contributed by atoms with Crippen molar-refractivity contribution in [2.24, 2.45) is 0 Å². The summed E-state index contributed by atoms with van der Waals surface area (Å²) in [6.07, 6.45) is 24.0. The highest BCUT2D eigenvalue weighted by Crippen LogP contribution is 2.12. The van der Waals surface area contributed by atoms with E-state index in [4.69, 9.17) is 4.74 Å². The molecular weight excluding hydrogens is 308 g/mol. The number of carbonyl (C=O) groups excluding carboxylic acids is 1. The van der Waals surface area contributed by atoms with Crippen molar-refractivity contribution in [1.82, 2.24) is 0 Å². The highest BCUT2D eigenvalue weighted by atomic mass is 16.5. The van der Waals surface area contributed by atoms with Gasteiger partial charge in [-0.2, -0.15) is 0 Å². The first-order valence-corrected chi connectivity index (χ1v) is 11.5. The Hall–Kier alpha value is -0.530. The summed E-state index contributed by atoms with van der Waals surface area (Å²) in [5.41, 5.74) is 0. The fourth-order valence-corrected chi connectivity index (χ4v) is 3.25. The number of hydrogen-bond donors (Lipinski definition) is 0. The monoisotopic (exact) mass is 354 g/mol. The molecule has 0 aliphatic carbocycles. The molecule has 150 valence electrons. The molecule has 0 spiro atoms. The van der Waals surface area contributed by atoms with Crippen LogP contribution in [0.15, 0.2) is 0 Å². The largest absolute Gasteiger partial charge is 0.466 e. The van der Waals surface area contributed by atoms with Gasteiger partial charge in [-0.05, 0) is 12.8 Å². The lowest BCUT2D eigenvalue weighted by molar-refractivity contribution is -0.143. The Kier molecular flexibility index (Phi) is 21.1. The summed E-state index contributed by atoms with van der Waals surface area (Å²) in [4.78, 5) is 11.7. The molecule has 0 heterocycles. The van der Waals surface area contributed by atoms with E-state index in [1.54, 1.807) is 0 Å². The summed E-state index contributed by atoms with van der Waals surface area (Å²) in [6, 6.07) is 0. The van der Waals surface area contributed by atoms with Crippen LogP contribution in [0.5, 0.6) is 0 Å². The zero-order valence-corrected chi connectivity index (χ0v) is 17.5. The molecular formula is C23H46O2. The fourth-order valence-electron chi connectivity index (χ4n) is 3.25. The van der Waals surface area contributed by atoms with E-state index in [-0.39, 0.29) is 5.97 Å². The maximum Gasteiger partial charge on any atom is 0.305 e. The molecule has 0 aliphatic rings. The molecule has 0 saturated heterocycles. The Bertz CT molecular complexity index is 263. The van der Waals surface area contributed by atoms with E-state index in [2.05, 4.69) is 13.8 Å². The third kappa shape index (κ3) is 21.4. The minimum absolute atomic E-state index is 0.0162. The molecule has 0 rings (SSSR count). The second-order valence-corrected chi connectivity index (χ2v) is 7.63. The quantitative estimate of drug-likeness (QED) is 0.164. The molecule has 0 bridgehead atoms. The van der Waals surface area contributed by atoms with Gasteiger partial charge in [0.25, 0.3) is 0 Å². The van der Waals surface area contributed by atoms with Crippen LogP contribution in [0.4, 0.5) is 0 Å². The summed E-state index contributed by atoms with van der Waals surface area (Å²) in [6.45, 7) is 5.15. The van der Waals surface area contributed by atoms with Crippen LogP contribution < -0.4 is 0 Å². The molecule has 0 aromatic heterocycles. The lowest BCUT2D eigenvalue weighted by Gasteiger charge is -2.05. The van der Waals surface area contributed by atoms with Crippen LogP contribution in [0.2, 0.25) is 0 Å². The van der Waals surface area contributed by atoms with Crippen LogP contribution >= 0.6 is 0 Å². The fraction of sp³-hybridized carbons (Fsp3) is 0.957. The Morgan fingerprint density at radius 1 is 0.520 bits per heavy atom. The predicted molar refractivity (Wildman–Crippen MR) is 110 cm³/mol. The van der Waals surface area contributed by atoms with E-state index in [1.807, 2.05) is 0 Å². The lowest BCUT2D eigenvalue weighted by atomic mass is 10.1. The smallest absolute Gasteiger partial charge is 0.305 e. The van der Waals surface area contributed by atoms with Gasteiger partial charge in [0.05, 0.1) is 6.61 Å². The van der Waals surface area contributed by atoms with E-state index in [0.717, 1.165) is 12.8 Å². The standard InChI is InChI=1S/C23H46O2/c1-3-5-7-9-11-13-15-17-19-21-23(24)25-22-20-18-16-14-12-10-8-6-4-2/h3-22H2,1-2H3. The first-order chi connectivity index (χ1) is 12.3. The van der Waals surface area contributed by atoms with Gasteiger partial charge < -0.3 is 4.74 Å². The van der Waals surface area contributed by atoms with Gasteiger partial charge in [0.15, 0.2) is 0 Å². The number of esters is 1. The molecule has 0 saturated carbocycles. The molecule has 0 unspecified atom stereocenters. The molecule has 2 heteroatoms. The zero-order valence-electron chi connectivity index (χ0n) is 17.5. The molecule has 0 fully saturated rings. The molecule has 0 aromatic rings. The van der Waals surface area contributed by atoms with E-state index in [9.17, 15) is 4.79 Å². The van der Waals surface area contributed by atoms with Crippen LogP contribution in [0.3, 0.4) is 0 Å². The van der Waals surface area contributed by atoms with Crippen LogP contribution in [-0.4, -0.2) is 12.6 Å². The van der Waals surface area contributed by atoms with Gasteiger partial charge in [0.2, 0.25) is 0 Å². The number of hydrogen-bond acceptors (Lipinski definition) is 2. The summed E-state index contributed by atoms with van der Waals surface area (Å²) < 4.78 is 5.33. The molecule has 0 atom stereocenters. The average Bonchev–Trinajstić information content (AvgIpc) is 2.62. The van der Waals surface area contributed by atoms with Gasteiger partial charge in [0.1, 0.15) is 0 Å². The van der Waals surface area contributed by atoms with Gasteiger partial charge >= 0.3 is 5.97 Å². The summed E-state index contributed by atoms with van der Waals surface area (Å²) in [5.74, 6) is 0.0162. The molecule has 2 nitrogen and oxygen atoms in total. The minimum atomic E-state index is 0.0162. The highest BCUT2D eigenvalue weighted by Gasteiger charge is 2.02. The Morgan fingerprint density at radius 2 is 0.880 bits per heavy atom. The van der Waals surface area contributed by atoms with Crippen molar-refractivity contribution in [3.63, 3.8) is 0 Å².